The first kappa shape index (κ1) is 15.8. The van der Waals surface area contributed by atoms with Gasteiger partial charge in [0.15, 0.2) is 0 Å². The quantitative estimate of drug-likeness (QED) is 0.868. The van der Waals surface area contributed by atoms with E-state index in [4.69, 9.17) is 5.11 Å². The molecule has 5 nitrogen and oxygen atoms in total. The number of thioether (sulfide) groups is 1. The van der Waals surface area contributed by atoms with Crippen LogP contribution in [0.25, 0.3) is 0 Å². The van der Waals surface area contributed by atoms with Crippen LogP contribution in [-0.2, 0) is 10.0 Å². The number of aromatic carboxylic acids is 1. The molecule has 20 heavy (non-hydrogen) atoms. The highest BCUT2D eigenvalue weighted by Gasteiger charge is 2.32. The molecule has 1 heterocycles. The van der Waals surface area contributed by atoms with E-state index in [1.54, 1.807) is 18.8 Å². The lowest BCUT2D eigenvalue weighted by molar-refractivity contribution is 0.0696. The fourth-order valence-corrected chi connectivity index (χ4v) is 5.69. The Hall–Kier alpha value is -0.570. The van der Waals surface area contributed by atoms with Crippen molar-refractivity contribution in [3.8, 4) is 0 Å². The van der Waals surface area contributed by atoms with Crippen molar-refractivity contribution in [2.45, 2.75) is 17.4 Å². The predicted octanol–water partition coefficient (Wildman–Crippen LogP) is 2.27. The highest BCUT2D eigenvalue weighted by Crippen LogP contribution is 2.30. The monoisotopic (exact) mass is 379 g/mol. The van der Waals surface area contributed by atoms with Crippen molar-refractivity contribution in [3.63, 3.8) is 0 Å². The highest BCUT2D eigenvalue weighted by atomic mass is 79.9. The van der Waals surface area contributed by atoms with E-state index in [-0.39, 0.29) is 16.5 Å². The van der Waals surface area contributed by atoms with Crippen LogP contribution >= 0.6 is 27.7 Å². The Morgan fingerprint density at radius 2 is 2.20 bits per heavy atom. The number of hydrogen-bond acceptors (Lipinski definition) is 4. The Kier molecular flexibility index (Phi) is 4.78. The van der Waals surface area contributed by atoms with Gasteiger partial charge in [0.25, 0.3) is 0 Å². The topological polar surface area (TPSA) is 74.7 Å². The van der Waals surface area contributed by atoms with E-state index in [0.29, 0.717) is 4.47 Å². The molecule has 0 bridgehead atoms. The number of sulfonamides is 1. The van der Waals surface area contributed by atoms with E-state index < -0.39 is 16.0 Å². The molecule has 1 aliphatic rings. The van der Waals surface area contributed by atoms with Crippen molar-refractivity contribution in [2.75, 3.05) is 18.6 Å². The van der Waals surface area contributed by atoms with Crippen LogP contribution in [0.1, 0.15) is 16.8 Å². The van der Waals surface area contributed by atoms with E-state index in [1.165, 1.54) is 22.5 Å². The number of carboxylic acid groups (broad SMARTS) is 1. The third kappa shape index (κ3) is 3.03. The van der Waals surface area contributed by atoms with Gasteiger partial charge in [-0.3, -0.25) is 0 Å². The molecule has 0 amide bonds. The van der Waals surface area contributed by atoms with Gasteiger partial charge in [0.05, 0.1) is 10.5 Å². The van der Waals surface area contributed by atoms with Gasteiger partial charge in [-0.25, -0.2) is 13.2 Å². The van der Waals surface area contributed by atoms with E-state index in [0.717, 1.165) is 17.9 Å². The van der Waals surface area contributed by atoms with Crippen molar-refractivity contribution in [1.82, 2.24) is 4.31 Å². The molecule has 1 aliphatic heterocycles. The van der Waals surface area contributed by atoms with Gasteiger partial charge in [-0.2, -0.15) is 16.1 Å². The number of halogens is 1. The average Bonchev–Trinajstić information content (AvgIpc) is 2.91. The van der Waals surface area contributed by atoms with Crippen molar-refractivity contribution in [3.05, 3.63) is 28.2 Å². The second kappa shape index (κ2) is 6.05. The molecule has 110 valence electrons. The predicted molar refractivity (Wildman–Crippen MR) is 81.8 cm³/mol. The summed E-state index contributed by atoms with van der Waals surface area (Å²) >= 11 is 4.91. The Labute approximate surface area is 130 Å². The molecule has 0 saturated carbocycles. The van der Waals surface area contributed by atoms with Gasteiger partial charge >= 0.3 is 5.97 Å². The van der Waals surface area contributed by atoms with Crippen LogP contribution in [0.15, 0.2) is 27.6 Å². The third-order valence-electron chi connectivity index (χ3n) is 3.26. The molecule has 8 heteroatoms. The van der Waals surface area contributed by atoms with E-state index in [9.17, 15) is 13.2 Å². The molecule has 1 aromatic rings. The van der Waals surface area contributed by atoms with Crippen molar-refractivity contribution >= 4 is 43.7 Å². The minimum Gasteiger partial charge on any atom is -0.478 e. The Balaban J connectivity index is 2.42. The summed E-state index contributed by atoms with van der Waals surface area (Å²) in [7, 11) is -2.15. The number of carboxylic acids is 1. The van der Waals surface area contributed by atoms with Crippen molar-refractivity contribution in [2.24, 2.45) is 0 Å². The van der Waals surface area contributed by atoms with Crippen LogP contribution in [0.5, 0.6) is 0 Å². The van der Waals surface area contributed by atoms with Gasteiger partial charge in [0, 0.05) is 23.3 Å². The molecule has 0 radical (unpaired) electrons. The summed E-state index contributed by atoms with van der Waals surface area (Å²) in [5.74, 6) is 0.570. The summed E-state index contributed by atoms with van der Waals surface area (Å²) in [5.41, 5.74) is -0.0408. The smallest absolute Gasteiger partial charge is 0.335 e. The molecule has 0 spiro atoms. The largest absolute Gasteiger partial charge is 0.478 e. The third-order valence-corrected chi connectivity index (χ3v) is 7.30. The molecular weight excluding hydrogens is 366 g/mol. The van der Waals surface area contributed by atoms with Gasteiger partial charge in [-0.05, 0) is 46.3 Å². The van der Waals surface area contributed by atoms with Crippen LogP contribution < -0.4 is 0 Å². The molecule has 1 saturated heterocycles. The lowest BCUT2D eigenvalue weighted by atomic mass is 10.2. The van der Waals surface area contributed by atoms with Crippen LogP contribution in [0.2, 0.25) is 0 Å². The second-order valence-electron chi connectivity index (χ2n) is 4.49. The lowest BCUT2D eigenvalue weighted by Crippen LogP contribution is -2.37. The molecule has 1 fully saturated rings. The zero-order valence-corrected chi connectivity index (χ0v) is 14.0. The first-order chi connectivity index (χ1) is 9.34. The normalized spacial score (nSPS) is 19.4. The van der Waals surface area contributed by atoms with Gasteiger partial charge in [-0.1, -0.05) is 0 Å². The summed E-state index contributed by atoms with van der Waals surface area (Å²) in [4.78, 5) is 11.0. The summed E-state index contributed by atoms with van der Waals surface area (Å²) in [5, 5.41) is 8.99. The number of benzene rings is 1. The van der Waals surface area contributed by atoms with Gasteiger partial charge in [0.2, 0.25) is 10.0 Å². The number of hydrogen-bond donors (Lipinski definition) is 1. The Morgan fingerprint density at radius 3 is 2.75 bits per heavy atom. The van der Waals surface area contributed by atoms with Gasteiger partial charge in [-0.15, -0.1) is 0 Å². The second-order valence-corrected chi connectivity index (χ2v) is 8.46. The first-order valence-corrected chi connectivity index (χ1v) is 9.31. The maximum absolute atomic E-state index is 12.6. The highest BCUT2D eigenvalue weighted by molar-refractivity contribution is 9.10. The maximum Gasteiger partial charge on any atom is 0.335 e. The molecule has 1 aromatic carbocycles. The molecule has 2 rings (SSSR count). The number of rotatable bonds is 4. The van der Waals surface area contributed by atoms with E-state index >= 15 is 0 Å². The molecule has 0 aromatic heterocycles. The van der Waals surface area contributed by atoms with E-state index in [2.05, 4.69) is 15.9 Å². The zero-order chi connectivity index (χ0) is 14.9. The fraction of sp³-hybridized carbons (Fsp3) is 0.417. The minimum absolute atomic E-state index is 0.00296. The summed E-state index contributed by atoms with van der Waals surface area (Å²) in [6.45, 7) is 0. The van der Waals surface area contributed by atoms with Crippen molar-refractivity contribution in [1.29, 1.82) is 0 Å². The molecule has 1 N–H and O–H groups in total. The van der Waals surface area contributed by atoms with Gasteiger partial charge < -0.3 is 5.11 Å². The van der Waals surface area contributed by atoms with Crippen LogP contribution in [0, 0.1) is 0 Å². The summed E-state index contributed by atoms with van der Waals surface area (Å²) in [6.07, 6.45) is 0.816. The maximum atomic E-state index is 12.6. The van der Waals surface area contributed by atoms with E-state index in [1.807, 2.05) is 0 Å². The molecule has 1 atom stereocenters. The molecule has 0 aliphatic carbocycles. The first-order valence-electron chi connectivity index (χ1n) is 5.92. The minimum atomic E-state index is -3.70. The fourth-order valence-electron chi connectivity index (χ4n) is 1.99. The Bertz CT molecular complexity index is 626. The lowest BCUT2D eigenvalue weighted by Gasteiger charge is -2.23. The average molecular weight is 380 g/mol. The SMILES string of the molecule is CN(C1CCSC1)S(=O)(=O)c1cc(C(=O)O)ccc1Br. The van der Waals surface area contributed by atoms with Crippen molar-refractivity contribution < 1.29 is 18.3 Å². The summed E-state index contributed by atoms with van der Waals surface area (Å²) < 4.78 is 26.9. The van der Waals surface area contributed by atoms with Crippen LogP contribution in [-0.4, -0.2) is 48.4 Å². The summed E-state index contributed by atoms with van der Waals surface area (Å²) in [6, 6.07) is 3.98. The van der Waals surface area contributed by atoms with Gasteiger partial charge in [0.1, 0.15) is 0 Å². The zero-order valence-electron chi connectivity index (χ0n) is 10.7. The molecular formula is C12H14BrNO4S2. The Morgan fingerprint density at radius 1 is 1.50 bits per heavy atom. The van der Waals surface area contributed by atoms with Crippen LogP contribution in [0.4, 0.5) is 0 Å². The standard InChI is InChI=1S/C12H14BrNO4S2/c1-14(9-4-5-19-7-9)20(17,18)11-6-8(12(15)16)2-3-10(11)13/h2-3,6,9H,4-5,7H2,1H3,(H,15,16). The number of carbonyl (C=O) groups is 1. The molecule has 1 unspecified atom stereocenters. The number of nitrogens with zero attached hydrogens (tertiary/aromatic N) is 1. The van der Waals surface area contributed by atoms with Crippen LogP contribution in [0.3, 0.4) is 0 Å².